The second-order valence-electron chi connectivity index (χ2n) is 4.25. The number of nitrogens with zero attached hydrogens (tertiary/aromatic N) is 1. The molecule has 0 bridgehead atoms. The maximum absolute atomic E-state index is 5.81. The summed E-state index contributed by atoms with van der Waals surface area (Å²) >= 11 is 5.13. The van der Waals surface area contributed by atoms with Gasteiger partial charge in [-0.3, -0.25) is 0 Å². The van der Waals surface area contributed by atoms with Crippen molar-refractivity contribution in [1.82, 2.24) is 9.97 Å². The zero-order valence-electron chi connectivity index (χ0n) is 9.07. The van der Waals surface area contributed by atoms with Crippen molar-refractivity contribution in [2.75, 3.05) is 19.8 Å². The first-order valence-electron chi connectivity index (χ1n) is 5.31. The summed E-state index contributed by atoms with van der Waals surface area (Å²) in [6.07, 6.45) is 1.86. The molecule has 0 atom stereocenters. The molecule has 1 saturated heterocycles. The standard InChI is InChI=1S/C11H12BrN3OS/c12-7-1-9(17-3-7)8-2-14-10(15-8)11(4-13)5-16-6-11/h1-3H,4-6,13H2,(H,14,15). The zero-order chi connectivity index (χ0) is 11.9. The predicted octanol–water partition coefficient (Wildman–Crippen LogP) is 2.13. The highest BCUT2D eigenvalue weighted by atomic mass is 79.9. The molecule has 0 spiro atoms. The van der Waals surface area contributed by atoms with Crippen LogP contribution in [-0.4, -0.2) is 29.7 Å². The molecule has 17 heavy (non-hydrogen) atoms. The normalized spacial score (nSPS) is 18.0. The molecular formula is C11H12BrN3OS. The number of halogens is 1. The number of ether oxygens (including phenoxy) is 1. The predicted molar refractivity (Wildman–Crippen MR) is 71.2 cm³/mol. The van der Waals surface area contributed by atoms with E-state index in [0.29, 0.717) is 19.8 Å². The Morgan fingerprint density at radius 3 is 2.94 bits per heavy atom. The Labute approximate surface area is 111 Å². The molecule has 3 N–H and O–H groups in total. The highest BCUT2D eigenvalue weighted by Crippen LogP contribution is 2.33. The Balaban J connectivity index is 1.92. The van der Waals surface area contributed by atoms with Crippen LogP contribution in [0.1, 0.15) is 5.82 Å². The van der Waals surface area contributed by atoms with Gasteiger partial charge in [-0.25, -0.2) is 4.98 Å². The Bertz CT molecular complexity index is 527. The minimum absolute atomic E-state index is 0.104. The van der Waals surface area contributed by atoms with Crippen LogP contribution >= 0.6 is 27.3 Å². The fourth-order valence-electron chi connectivity index (χ4n) is 1.87. The minimum atomic E-state index is -0.104. The topological polar surface area (TPSA) is 63.9 Å². The molecule has 1 aliphatic heterocycles. The number of H-pyrrole nitrogens is 1. The lowest BCUT2D eigenvalue weighted by atomic mass is 9.85. The van der Waals surface area contributed by atoms with Gasteiger partial charge >= 0.3 is 0 Å². The van der Waals surface area contributed by atoms with Crippen molar-refractivity contribution in [2.24, 2.45) is 5.73 Å². The van der Waals surface area contributed by atoms with Crippen molar-refractivity contribution in [3.05, 3.63) is 27.9 Å². The zero-order valence-corrected chi connectivity index (χ0v) is 11.5. The van der Waals surface area contributed by atoms with Crippen LogP contribution in [-0.2, 0) is 10.2 Å². The number of aromatic nitrogens is 2. The van der Waals surface area contributed by atoms with Gasteiger partial charge in [0.25, 0.3) is 0 Å². The Morgan fingerprint density at radius 1 is 1.59 bits per heavy atom. The van der Waals surface area contributed by atoms with Crippen LogP contribution in [0, 0.1) is 0 Å². The number of nitrogens with one attached hydrogen (secondary N) is 1. The Morgan fingerprint density at radius 2 is 2.41 bits per heavy atom. The summed E-state index contributed by atoms with van der Waals surface area (Å²) in [4.78, 5) is 8.97. The van der Waals surface area contributed by atoms with Gasteiger partial charge in [0.05, 0.1) is 35.4 Å². The number of hydrogen-bond donors (Lipinski definition) is 2. The molecular weight excluding hydrogens is 302 g/mol. The number of aromatic amines is 1. The summed E-state index contributed by atoms with van der Waals surface area (Å²) in [7, 11) is 0. The van der Waals surface area contributed by atoms with E-state index in [1.807, 2.05) is 6.20 Å². The van der Waals surface area contributed by atoms with E-state index in [9.17, 15) is 0 Å². The van der Waals surface area contributed by atoms with Crippen LogP contribution in [0.4, 0.5) is 0 Å². The van der Waals surface area contributed by atoms with E-state index in [1.54, 1.807) is 11.3 Å². The minimum Gasteiger partial charge on any atom is -0.379 e. The van der Waals surface area contributed by atoms with Crippen LogP contribution in [0.25, 0.3) is 10.6 Å². The quantitative estimate of drug-likeness (QED) is 0.912. The molecule has 3 heterocycles. The Kier molecular flexibility index (Phi) is 2.82. The van der Waals surface area contributed by atoms with Gasteiger partial charge in [0, 0.05) is 16.4 Å². The van der Waals surface area contributed by atoms with Crippen LogP contribution in [0.2, 0.25) is 0 Å². The van der Waals surface area contributed by atoms with Crippen LogP contribution in [0.5, 0.6) is 0 Å². The molecule has 1 fully saturated rings. The molecule has 6 heteroatoms. The summed E-state index contributed by atoms with van der Waals surface area (Å²) in [5, 5.41) is 2.06. The second kappa shape index (κ2) is 4.20. The molecule has 0 aliphatic carbocycles. The largest absolute Gasteiger partial charge is 0.379 e. The fraction of sp³-hybridized carbons (Fsp3) is 0.364. The lowest BCUT2D eigenvalue weighted by Gasteiger charge is -2.38. The molecule has 0 saturated carbocycles. The highest BCUT2D eigenvalue weighted by molar-refractivity contribution is 9.10. The maximum Gasteiger partial charge on any atom is 0.118 e. The molecule has 0 amide bonds. The summed E-state index contributed by atoms with van der Waals surface area (Å²) in [6.45, 7) is 1.88. The second-order valence-corrected chi connectivity index (χ2v) is 6.08. The van der Waals surface area contributed by atoms with Crippen LogP contribution in [0.15, 0.2) is 22.1 Å². The van der Waals surface area contributed by atoms with Gasteiger partial charge in [-0.15, -0.1) is 11.3 Å². The number of imidazole rings is 1. The van der Waals surface area contributed by atoms with Crippen molar-refractivity contribution in [3.63, 3.8) is 0 Å². The molecule has 0 unspecified atom stereocenters. The van der Waals surface area contributed by atoms with Gasteiger partial charge < -0.3 is 15.5 Å². The molecule has 0 aromatic carbocycles. The average Bonchev–Trinajstić information content (AvgIpc) is 2.86. The number of thiophene rings is 1. The summed E-state index contributed by atoms with van der Waals surface area (Å²) in [6, 6.07) is 2.08. The van der Waals surface area contributed by atoms with E-state index >= 15 is 0 Å². The first kappa shape index (κ1) is 11.4. The number of hydrogen-bond acceptors (Lipinski definition) is 4. The summed E-state index contributed by atoms with van der Waals surface area (Å²) in [5.74, 6) is 0.936. The molecule has 1 aliphatic rings. The van der Waals surface area contributed by atoms with Gasteiger partial charge in [0.2, 0.25) is 0 Å². The van der Waals surface area contributed by atoms with E-state index in [-0.39, 0.29) is 5.41 Å². The van der Waals surface area contributed by atoms with Gasteiger partial charge in [0.15, 0.2) is 0 Å². The third kappa shape index (κ3) is 1.85. The van der Waals surface area contributed by atoms with Crippen molar-refractivity contribution in [3.8, 4) is 10.6 Å². The van der Waals surface area contributed by atoms with Gasteiger partial charge in [-0.2, -0.15) is 0 Å². The Hall–Kier alpha value is -0.690. The smallest absolute Gasteiger partial charge is 0.118 e. The van der Waals surface area contributed by atoms with E-state index in [0.717, 1.165) is 16.0 Å². The fourth-order valence-corrected chi connectivity index (χ4v) is 3.26. The van der Waals surface area contributed by atoms with Gasteiger partial charge in [0.1, 0.15) is 5.82 Å². The summed E-state index contributed by atoms with van der Waals surface area (Å²) in [5.41, 5.74) is 6.74. The first-order chi connectivity index (χ1) is 8.23. The first-order valence-corrected chi connectivity index (χ1v) is 6.98. The lowest BCUT2D eigenvalue weighted by Crippen LogP contribution is -2.52. The van der Waals surface area contributed by atoms with Crippen molar-refractivity contribution >= 4 is 27.3 Å². The van der Waals surface area contributed by atoms with Crippen LogP contribution < -0.4 is 5.73 Å². The molecule has 2 aromatic rings. The number of nitrogens with two attached hydrogens (primary N) is 1. The molecule has 3 rings (SSSR count). The maximum atomic E-state index is 5.81. The monoisotopic (exact) mass is 313 g/mol. The van der Waals surface area contributed by atoms with Gasteiger partial charge in [-0.1, -0.05) is 0 Å². The average molecular weight is 314 g/mol. The highest BCUT2D eigenvalue weighted by Gasteiger charge is 2.41. The SMILES string of the molecule is NCC1(c2ncc(-c3cc(Br)cs3)[nH]2)COC1. The van der Waals surface area contributed by atoms with E-state index in [1.165, 1.54) is 4.88 Å². The third-order valence-corrected chi connectivity index (χ3v) is 4.78. The molecule has 2 aromatic heterocycles. The summed E-state index contributed by atoms with van der Waals surface area (Å²) < 4.78 is 6.35. The van der Waals surface area contributed by atoms with Crippen molar-refractivity contribution in [2.45, 2.75) is 5.41 Å². The number of rotatable bonds is 3. The third-order valence-electron chi connectivity index (χ3n) is 3.06. The van der Waals surface area contributed by atoms with Crippen molar-refractivity contribution in [1.29, 1.82) is 0 Å². The van der Waals surface area contributed by atoms with Gasteiger partial charge in [-0.05, 0) is 22.0 Å². The lowest BCUT2D eigenvalue weighted by molar-refractivity contribution is -0.0589. The molecule has 90 valence electrons. The van der Waals surface area contributed by atoms with Crippen molar-refractivity contribution < 1.29 is 4.74 Å². The molecule has 4 nitrogen and oxygen atoms in total. The van der Waals surface area contributed by atoms with E-state index < -0.39 is 0 Å². The van der Waals surface area contributed by atoms with Crippen LogP contribution in [0.3, 0.4) is 0 Å². The van der Waals surface area contributed by atoms with E-state index in [2.05, 4.69) is 37.3 Å². The molecule has 0 radical (unpaired) electrons. The van der Waals surface area contributed by atoms with E-state index in [4.69, 9.17) is 10.5 Å².